The maximum Gasteiger partial charge on any atom is 0.247 e. The number of aromatic amines is 1. The maximum absolute atomic E-state index is 12.9. The van der Waals surface area contributed by atoms with E-state index in [-0.39, 0.29) is 16.3 Å². The Kier molecular flexibility index (Phi) is 4.56. The van der Waals surface area contributed by atoms with Gasteiger partial charge in [0.25, 0.3) is 0 Å². The quantitative estimate of drug-likeness (QED) is 0.595. The summed E-state index contributed by atoms with van der Waals surface area (Å²) in [4.78, 5) is 29.0. The molecule has 1 aliphatic heterocycles. The number of nitrogens with zero attached hydrogens (tertiary/aromatic N) is 4. The zero-order valence-corrected chi connectivity index (χ0v) is 17.5. The van der Waals surface area contributed by atoms with Crippen molar-refractivity contribution in [3.05, 3.63) is 54.5 Å². The average molecular weight is 439 g/mol. The molecule has 1 spiro atoms. The smallest absolute Gasteiger partial charge is 0.247 e. The molecule has 5 rings (SSSR count). The van der Waals surface area contributed by atoms with Crippen LogP contribution in [0.3, 0.4) is 0 Å². The van der Waals surface area contributed by atoms with Crippen LogP contribution in [0.2, 0.25) is 0 Å². The molecule has 1 aliphatic carbocycles. The van der Waals surface area contributed by atoms with Crippen molar-refractivity contribution in [2.45, 2.75) is 23.3 Å². The number of benzene rings is 1. The zero-order valence-electron chi connectivity index (χ0n) is 16.7. The molecular weight excluding hydrogens is 416 g/mol. The molecule has 10 heteroatoms. The van der Waals surface area contributed by atoms with E-state index in [1.807, 2.05) is 17.2 Å². The number of rotatable bonds is 4. The van der Waals surface area contributed by atoms with E-state index in [4.69, 9.17) is 5.14 Å². The minimum absolute atomic E-state index is 0.0397. The molecule has 1 saturated heterocycles. The topological polar surface area (TPSA) is 125 Å². The Hall–Kier alpha value is -3.24. The summed E-state index contributed by atoms with van der Waals surface area (Å²) in [6, 6.07) is 8.11. The summed E-state index contributed by atoms with van der Waals surface area (Å²) in [6.45, 7) is 2.05. The third-order valence-corrected chi connectivity index (χ3v) is 6.93. The standard InChI is InChI=1S/C21H22N6O3S/c22-31(29,30)16-4-1-15(2-5-16)3-6-18(28)27-12-11-26(13-21(27)8-9-21)20-17-7-10-23-19(17)24-14-25-20/h1-7,10,14H,8-9,11-13H2,(H2,22,29,30)(H,23,24,25)/b6-3+. The summed E-state index contributed by atoms with van der Waals surface area (Å²) in [5, 5.41) is 6.11. The van der Waals surface area contributed by atoms with Crippen molar-refractivity contribution in [1.29, 1.82) is 0 Å². The summed E-state index contributed by atoms with van der Waals surface area (Å²) in [6.07, 6.45) is 8.61. The highest BCUT2D eigenvalue weighted by atomic mass is 32.2. The molecule has 0 atom stereocenters. The second-order valence-corrected chi connectivity index (χ2v) is 9.58. The van der Waals surface area contributed by atoms with Gasteiger partial charge in [0.15, 0.2) is 0 Å². The van der Waals surface area contributed by atoms with Gasteiger partial charge in [0.05, 0.1) is 15.8 Å². The zero-order chi connectivity index (χ0) is 21.6. The summed E-state index contributed by atoms with van der Waals surface area (Å²) in [7, 11) is -3.73. The molecule has 3 aromatic rings. The first-order valence-corrected chi connectivity index (χ1v) is 11.6. The van der Waals surface area contributed by atoms with Gasteiger partial charge in [0.1, 0.15) is 17.8 Å². The summed E-state index contributed by atoms with van der Waals surface area (Å²) in [5.41, 5.74) is 1.38. The molecule has 2 fully saturated rings. The van der Waals surface area contributed by atoms with Crippen LogP contribution in [0.1, 0.15) is 18.4 Å². The van der Waals surface area contributed by atoms with Crippen LogP contribution in [-0.2, 0) is 14.8 Å². The van der Waals surface area contributed by atoms with Crippen molar-refractivity contribution in [3.63, 3.8) is 0 Å². The largest absolute Gasteiger partial charge is 0.352 e. The summed E-state index contributed by atoms with van der Waals surface area (Å²) >= 11 is 0. The molecule has 1 aromatic carbocycles. The minimum atomic E-state index is -3.73. The number of aromatic nitrogens is 3. The number of H-pyrrole nitrogens is 1. The molecule has 3 heterocycles. The van der Waals surface area contributed by atoms with Gasteiger partial charge in [0, 0.05) is 31.9 Å². The molecule has 0 unspecified atom stereocenters. The van der Waals surface area contributed by atoms with Crippen LogP contribution in [0.5, 0.6) is 0 Å². The third-order valence-electron chi connectivity index (χ3n) is 6.00. The summed E-state index contributed by atoms with van der Waals surface area (Å²) < 4.78 is 22.7. The first-order valence-electron chi connectivity index (χ1n) is 10.0. The Morgan fingerprint density at radius 3 is 2.61 bits per heavy atom. The number of anilines is 1. The van der Waals surface area contributed by atoms with Crippen LogP contribution in [0.15, 0.2) is 53.8 Å². The molecule has 2 aliphatic rings. The lowest BCUT2D eigenvalue weighted by atomic mass is 10.1. The number of sulfonamides is 1. The Morgan fingerprint density at radius 2 is 1.90 bits per heavy atom. The monoisotopic (exact) mass is 438 g/mol. The van der Waals surface area contributed by atoms with Crippen molar-refractivity contribution < 1.29 is 13.2 Å². The number of carbonyl (C=O) groups excluding carboxylic acids is 1. The van der Waals surface area contributed by atoms with Crippen molar-refractivity contribution in [2.24, 2.45) is 5.14 Å². The van der Waals surface area contributed by atoms with Crippen molar-refractivity contribution in [3.8, 4) is 0 Å². The normalized spacial score (nSPS) is 18.2. The van der Waals surface area contributed by atoms with Crippen LogP contribution in [0.25, 0.3) is 17.1 Å². The predicted molar refractivity (Wildman–Crippen MR) is 117 cm³/mol. The molecule has 0 radical (unpaired) electrons. The van der Waals surface area contributed by atoms with E-state index in [0.29, 0.717) is 13.1 Å². The van der Waals surface area contributed by atoms with E-state index in [1.165, 1.54) is 12.1 Å². The molecule has 31 heavy (non-hydrogen) atoms. The van der Waals surface area contributed by atoms with Gasteiger partial charge in [-0.25, -0.2) is 23.5 Å². The van der Waals surface area contributed by atoms with E-state index in [2.05, 4.69) is 19.9 Å². The molecule has 0 bridgehead atoms. The van der Waals surface area contributed by atoms with Gasteiger partial charge in [0.2, 0.25) is 15.9 Å². The minimum Gasteiger partial charge on any atom is -0.352 e. The first kappa shape index (κ1) is 19.7. The van der Waals surface area contributed by atoms with Gasteiger partial charge in [-0.15, -0.1) is 0 Å². The highest BCUT2D eigenvalue weighted by Crippen LogP contribution is 2.45. The maximum atomic E-state index is 12.9. The SMILES string of the molecule is NS(=O)(=O)c1ccc(/C=C/C(=O)N2CCN(c3ncnc4[nH]ccc34)CC23CC3)cc1. The van der Waals surface area contributed by atoms with Crippen LogP contribution in [0.4, 0.5) is 5.82 Å². The van der Waals surface area contributed by atoms with Gasteiger partial charge in [-0.1, -0.05) is 12.1 Å². The predicted octanol–water partition coefficient (Wildman–Crippen LogP) is 1.50. The summed E-state index contributed by atoms with van der Waals surface area (Å²) in [5.74, 6) is 0.859. The van der Waals surface area contributed by atoms with Gasteiger partial charge < -0.3 is 14.8 Å². The Bertz CT molecular complexity index is 1280. The molecule has 1 saturated carbocycles. The average Bonchev–Trinajstić information content (AvgIpc) is 3.33. The van der Waals surface area contributed by atoms with Gasteiger partial charge in [-0.2, -0.15) is 0 Å². The number of hydrogen-bond donors (Lipinski definition) is 2. The van der Waals surface area contributed by atoms with Gasteiger partial charge in [-0.3, -0.25) is 4.79 Å². The van der Waals surface area contributed by atoms with Crippen LogP contribution >= 0.6 is 0 Å². The fourth-order valence-electron chi connectivity index (χ4n) is 4.21. The van der Waals surface area contributed by atoms with Gasteiger partial charge >= 0.3 is 0 Å². The third kappa shape index (κ3) is 3.68. The van der Waals surface area contributed by atoms with E-state index in [0.717, 1.165) is 41.8 Å². The number of nitrogens with two attached hydrogens (primary N) is 1. The molecule has 3 N–H and O–H groups in total. The fraction of sp³-hybridized carbons (Fsp3) is 0.286. The van der Waals surface area contributed by atoms with Crippen molar-refractivity contribution >= 4 is 38.9 Å². The number of amides is 1. The molecular formula is C21H22N6O3S. The highest BCUT2D eigenvalue weighted by Gasteiger charge is 2.53. The van der Waals surface area contributed by atoms with Crippen LogP contribution < -0.4 is 10.0 Å². The number of fused-ring (bicyclic) bond motifs is 1. The Balaban J connectivity index is 1.30. The number of carbonyl (C=O) groups is 1. The van der Waals surface area contributed by atoms with E-state index in [1.54, 1.807) is 30.6 Å². The van der Waals surface area contributed by atoms with E-state index >= 15 is 0 Å². The van der Waals surface area contributed by atoms with Crippen LogP contribution in [0, 0.1) is 0 Å². The molecule has 2 aromatic heterocycles. The Labute approximate surface area is 179 Å². The Morgan fingerprint density at radius 1 is 1.13 bits per heavy atom. The molecule has 1 amide bonds. The number of primary sulfonamides is 1. The second-order valence-electron chi connectivity index (χ2n) is 8.02. The van der Waals surface area contributed by atoms with Crippen molar-refractivity contribution in [2.75, 3.05) is 24.5 Å². The lowest BCUT2D eigenvalue weighted by Gasteiger charge is -2.42. The molecule has 9 nitrogen and oxygen atoms in total. The van der Waals surface area contributed by atoms with Crippen molar-refractivity contribution in [1.82, 2.24) is 19.9 Å². The highest BCUT2D eigenvalue weighted by molar-refractivity contribution is 7.89. The van der Waals surface area contributed by atoms with E-state index in [9.17, 15) is 13.2 Å². The second kappa shape index (κ2) is 7.17. The lowest BCUT2D eigenvalue weighted by Crippen LogP contribution is -2.57. The van der Waals surface area contributed by atoms with E-state index < -0.39 is 10.0 Å². The lowest BCUT2D eigenvalue weighted by molar-refractivity contribution is -0.129. The van der Waals surface area contributed by atoms with Gasteiger partial charge in [-0.05, 0) is 42.7 Å². The first-order chi connectivity index (χ1) is 14.9. The van der Waals surface area contributed by atoms with Crippen LogP contribution in [-0.4, -0.2) is 59.4 Å². The number of hydrogen-bond acceptors (Lipinski definition) is 6. The number of piperazine rings is 1. The molecule has 160 valence electrons. The number of nitrogens with one attached hydrogen (secondary N) is 1. The fourth-order valence-corrected chi connectivity index (χ4v) is 4.73.